The zero-order valence-electron chi connectivity index (χ0n) is 7.29. The van der Waals surface area contributed by atoms with Crippen LogP contribution < -0.4 is 0 Å². The number of hydrogen-bond donors (Lipinski definition) is 0. The van der Waals surface area contributed by atoms with Crippen molar-refractivity contribution in [3.05, 3.63) is 35.1 Å². The van der Waals surface area contributed by atoms with Gasteiger partial charge < -0.3 is 4.79 Å². The van der Waals surface area contributed by atoms with Gasteiger partial charge in [0.05, 0.1) is 0 Å². The molecule has 1 nitrogen and oxygen atoms in total. The molecule has 0 N–H and O–H groups in total. The Hall–Kier alpha value is -1.18. The number of aldehydes is 1. The van der Waals surface area contributed by atoms with E-state index < -0.39 is 0 Å². The van der Waals surface area contributed by atoms with Crippen molar-refractivity contribution in [1.82, 2.24) is 0 Å². The van der Waals surface area contributed by atoms with E-state index in [0.29, 0.717) is 6.42 Å². The zero-order valence-corrected chi connectivity index (χ0v) is 7.29. The van der Waals surface area contributed by atoms with Crippen LogP contribution in [0.2, 0.25) is 0 Å². The Morgan fingerprint density at radius 3 is 3.15 bits per heavy atom. The lowest BCUT2D eigenvalue weighted by molar-refractivity contribution is -0.108. The van der Waals surface area contributed by atoms with E-state index in [1.807, 2.05) is 6.07 Å². The summed E-state index contributed by atoms with van der Waals surface area (Å²) >= 11 is 0. The van der Waals surface area contributed by atoms with Crippen molar-refractivity contribution >= 4 is 6.29 Å². The highest BCUT2D eigenvalue weighted by molar-refractivity contribution is 5.53. The molecule has 0 aliphatic heterocycles. The van der Waals surface area contributed by atoms with Crippen LogP contribution in [0.3, 0.4) is 0 Å². The molecule has 0 bridgehead atoms. The molecule has 2 rings (SSSR count). The van der Waals surface area contributed by atoms with E-state index >= 15 is 0 Å². The smallest absolute Gasteiger partial charge is 0.126 e. The zero-order chi connectivity index (χ0) is 9.26. The van der Waals surface area contributed by atoms with Gasteiger partial charge in [-0.15, -0.1) is 0 Å². The van der Waals surface area contributed by atoms with E-state index in [4.69, 9.17) is 0 Å². The van der Waals surface area contributed by atoms with Gasteiger partial charge in [-0.1, -0.05) is 12.1 Å². The number of benzene rings is 1. The van der Waals surface area contributed by atoms with Crippen molar-refractivity contribution < 1.29 is 9.18 Å². The standard InChI is InChI=1S/C11H11FO/c12-11-3-1-2-9-8(6-7-13)4-5-10(9)11/h1-3,7-8H,4-6H2. The Kier molecular flexibility index (Phi) is 2.13. The quantitative estimate of drug-likeness (QED) is 0.636. The van der Waals surface area contributed by atoms with E-state index in [1.54, 1.807) is 6.07 Å². The second-order valence-corrected chi connectivity index (χ2v) is 3.45. The highest BCUT2D eigenvalue weighted by Gasteiger charge is 2.23. The van der Waals surface area contributed by atoms with Crippen LogP contribution in [0.1, 0.15) is 29.9 Å². The maximum absolute atomic E-state index is 13.2. The molecule has 1 aliphatic carbocycles. The molecule has 0 saturated heterocycles. The summed E-state index contributed by atoms with van der Waals surface area (Å²) in [5, 5.41) is 0. The van der Waals surface area contributed by atoms with Crippen molar-refractivity contribution in [2.75, 3.05) is 0 Å². The van der Waals surface area contributed by atoms with Crippen molar-refractivity contribution in [2.24, 2.45) is 0 Å². The fourth-order valence-corrected chi connectivity index (χ4v) is 2.06. The largest absolute Gasteiger partial charge is 0.303 e. The average molecular weight is 178 g/mol. The Bertz CT molecular complexity index is 333. The van der Waals surface area contributed by atoms with Gasteiger partial charge in [-0.2, -0.15) is 0 Å². The number of fused-ring (bicyclic) bond motifs is 1. The van der Waals surface area contributed by atoms with Gasteiger partial charge in [0.2, 0.25) is 0 Å². The van der Waals surface area contributed by atoms with E-state index in [1.165, 1.54) is 6.07 Å². The molecule has 13 heavy (non-hydrogen) atoms. The lowest BCUT2D eigenvalue weighted by Gasteiger charge is -2.06. The molecule has 68 valence electrons. The molecule has 1 aromatic rings. The van der Waals surface area contributed by atoms with Gasteiger partial charge in [0, 0.05) is 6.42 Å². The molecule has 0 fully saturated rings. The predicted molar refractivity (Wildman–Crippen MR) is 48.1 cm³/mol. The van der Waals surface area contributed by atoms with E-state index in [-0.39, 0.29) is 11.7 Å². The summed E-state index contributed by atoms with van der Waals surface area (Å²) in [6.45, 7) is 0. The molecule has 2 heteroatoms. The lowest BCUT2D eigenvalue weighted by atomic mass is 9.99. The van der Waals surface area contributed by atoms with Crippen molar-refractivity contribution in [2.45, 2.75) is 25.2 Å². The van der Waals surface area contributed by atoms with Gasteiger partial charge in [-0.25, -0.2) is 4.39 Å². The molecule has 1 atom stereocenters. The van der Waals surface area contributed by atoms with Gasteiger partial charge in [-0.3, -0.25) is 0 Å². The topological polar surface area (TPSA) is 17.1 Å². The van der Waals surface area contributed by atoms with Gasteiger partial charge in [0.1, 0.15) is 12.1 Å². The van der Waals surface area contributed by atoms with Gasteiger partial charge >= 0.3 is 0 Å². The predicted octanol–water partition coefficient (Wildman–Crippen LogP) is 2.44. The molecule has 1 aliphatic rings. The minimum atomic E-state index is -0.120. The molecule has 0 spiro atoms. The van der Waals surface area contributed by atoms with Crippen LogP contribution >= 0.6 is 0 Å². The summed E-state index contributed by atoms with van der Waals surface area (Å²) in [4.78, 5) is 10.4. The van der Waals surface area contributed by atoms with E-state index in [2.05, 4.69) is 0 Å². The first-order valence-corrected chi connectivity index (χ1v) is 4.54. The van der Waals surface area contributed by atoms with Crippen LogP contribution in [0, 0.1) is 5.82 Å². The number of carbonyl (C=O) groups excluding carboxylic acids is 1. The first kappa shape index (κ1) is 8.42. The first-order chi connectivity index (χ1) is 6.33. The maximum atomic E-state index is 13.2. The second kappa shape index (κ2) is 3.29. The Balaban J connectivity index is 2.37. The van der Waals surface area contributed by atoms with Crippen LogP contribution in [0.15, 0.2) is 18.2 Å². The SMILES string of the molecule is O=CCC1CCc2c(F)cccc21. The number of halogens is 1. The Morgan fingerprint density at radius 2 is 2.38 bits per heavy atom. The maximum Gasteiger partial charge on any atom is 0.126 e. The van der Waals surface area contributed by atoms with Gasteiger partial charge in [-0.05, 0) is 36.0 Å². The monoisotopic (exact) mass is 178 g/mol. The third-order valence-corrected chi connectivity index (χ3v) is 2.72. The van der Waals surface area contributed by atoms with Crippen molar-refractivity contribution in [3.63, 3.8) is 0 Å². The Labute approximate surface area is 76.6 Å². The molecule has 1 aromatic carbocycles. The van der Waals surface area contributed by atoms with Crippen molar-refractivity contribution in [1.29, 1.82) is 0 Å². The normalized spacial score (nSPS) is 19.9. The third kappa shape index (κ3) is 1.37. The van der Waals surface area contributed by atoms with E-state index in [9.17, 15) is 9.18 Å². The summed E-state index contributed by atoms with van der Waals surface area (Å²) in [7, 11) is 0. The number of rotatable bonds is 2. The summed E-state index contributed by atoms with van der Waals surface area (Å²) in [6, 6.07) is 5.14. The molecule has 1 unspecified atom stereocenters. The third-order valence-electron chi connectivity index (χ3n) is 2.72. The molecule has 0 radical (unpaired) electrons. The van der Waals surface area contributed by atoms with Crippen molar-refractivity contribution in [3.8, 4) is 0 Å². The molecular formula is C11H11FO. The van der Waals surface area contributed by atoms with Crippen LogP contribution in [-0.4, -0.2) is 6.29 Å². The summed E-state index contributed by atoms with van der Waals surface area (Å²) < 4.78 is 13.2. The van der Waals surface area contributed by atoms with Crippen LogP contribution in [-0.2, 0) is 11.2 Å². The van der Waals surface area contributed by atoms with Gasteiger partial charge in [0.15, 0.2) is 0 Å². The summed E-state index contributed by atoms with van der Waals surface area (Å²) in [5.74, 6) is 0.133. The van der Waals surface area contributed by atoms with Crippen LogP contribution in [0.25, 0.3) is 0 Å². The summed E-state index contributed by atoms with van der Waals surface area (Å²) in [5.41, 5.74) is 1.85. The van der Waals surface area contributed by atoms with Crippen LogP contribution in [0.4, 0.5) is 4.39 Å². The first-order valence-electron chi connectivity index (χ1n) is 4.54. The summed E-state index contributed by atoms with van der Waals surface area (Å²) in [6.07, 6.45) is 3.14. The number of carbonyl (C=O) groups is 1. The second-order valence-electron chi connectivity index (χ2n) is 3.45. The Morgan fingerprint density at radius 1 is 1.54 bits per heavy atom. The molecular weight excluding hydrogens is 167 g/mol. The van der Waals surface area contributed by atoms with Crippen LogP contribution in [0.5, 0.6) is 0 Å². The fourth-order valence-electron chi connectivity index (χ4n) is 2.06. The average Bonchev–Trinajstić information content (AvgIpc) is 2.51. The molecule has 0 amide bonds. The lowest BCUT2D eigenvalue weighted by Crippen LogP contribution is -1.94. The molecule has 0 saturated carbocycles. The van der Waals surface area contributed by atoms with Gasteiger partial charge in [0.25, 0.3) is 0 Å². The minimum Gasteiger partial charge on any atom is -0.303 e. The minimum absolute atomic E-state index is 0.120. The molecule has 0 aromatic heterocycles. The number of hydrogen-bond acceptors (Lipinski definition) is 1. The molecule has 0 heterocycles. The highest BCUT2D eigenvalue weighted by atomic mass is 19.1. The highest BCUT2D eigenvalue weighted by Crippen LogP contribution is 2.35. The fraction of sp³-hybridized carbons (Fsp3) is 0.364. The van der Waals surface area contributed by atoms with E-state index in [0.717, 1.165) is 30.3 Å².